The maximum atomic E-state index is 12.5. The van der Waals surface area contributed by atoms with Crippen molar-refractivity contribution < 1.29 is 9.53 Å². The number of halogens is 1. The highest BCUT2D eigenvalue weighted by Crippen LogP contribution is 2.27. The molecule has 3 heterocycles. The van der Waals surface area contributed by atoms with E-state index in [0.717, 1.165) is 18.9 Å². The third kappa shape index (κ3) is 4.32. The number of hydrogen-bond donors (Lipinski definition) is 1. The largest absolute Gasteiger partial charge is 0.495 e. The number of benzene rings is 1. The van der Waals surface area contributed by atoms with Gasteiger partial charge in [-0.3, -0.25) is 9.36 Å². The predicted molar refractivity (Wildman–Crippen MR) is 111 cm³/mol. The van der Waals surface area contributed by atoms with Gasteiger partial charge in [-0.05, 0) is 37.5 Å². The number of piperidine rings is 1. The molecule has 1 fully saturated rings. The van der Waals surface area contributed by atoms with E-state index in [1.54, 1.807) is 41.6 Å². The van der Waals surface area contributed by atoms with E-state index in [0.29, 0.717) is 22.3 Å². The molecule has 1 aliphatic rings. The van der Waals surface area contributed by atoms with Gasteiger partial charge >= 0.3 is 0 Å². The van der Waals surface area contributed by atoms with Crippen LogP contribution < -0.4 is 15.0 Å². The van der Waals surface area contributed by atoms with E-state index in [1.165, 1.54) is 26.4 Å². The fraction of sp³-hybridized carbons (Fsp3) is 0.300. The molecule has 3 aromatic rings. The first-order valence-electron chi connectivity index (χ1n) is 9.40. The number of ether oxygens (including phenoxy) is 1. The lowest BCUT2D eigenvalue weighted by atomic mass is 10.1. The zero-order valence-electron chi connectivity index (χ0n) is 16.0. The van der Waals surface area contributed by atoms with Crippen LogP contribution in [0.25, 0.3) is 5.82 Å². The minimum absolute atomic E-state index is 0.273. The molecule has 0 atom stereocenters. The summed E-state index contributed by atoms with van der Waals surface area (Å²) in [6, 6.07) is 6.96. The first kappa shape index (κ1) is 19.2. The predicted octanol–water partition coefficient (Wildman–Crippen LogP) is 3.57. The van der Waals surface area contributed by atoms with Crippen molar-refractivity contribution in [3.63, 3.8) is 0 Å². The Labute approximate surface area is 173 Å². The monoisotopic (exact) mass is 412 g/mol. The minimum Gasteiger partial charge on any atom is -0.495 e. The second-order valence-electron chi connectivity index (χ2n) is 6.75. The van der Waals surface area contributed by atoms with Gasteiger partial charge in [0.1, 0.15) is 35.7 Å². The summed E-state index contributed by atoms with van der Waals surface area (Å²) in [6.07, 6.45) is 8.35. The Morgan fingerprint density at radius 3 is 2.66 bits per heavy atom. The lowest BCUT2D eigenvalue weighted by Gasteiger charge is -2.27. The molecule has 0 aliphatic carbocycles. The number of amides is 1. The van der Waals surface area contributed by atoms with Gasteiger partial charge in [-0.2, -0.15) is 0 Å². The molecule has 0 saturated carbocycles. The molecule has 0 unspecified atom stereocenters. The molecule has 1 N–H and O–H groups in total. The van der Waals surface area contributed by atoms with Crippen LogP contribution >= 0.6 is 11.6 Å². The molecular formula is C20H21ClN6O2. The topological polar surface area (TPSA) is 85.2 Å². The summed E-state index contributed by atoms with van der Waals surface area (Å²) < 4.78 is 6.83. The van der Waals surface area contributed by atoms with Crippen LogP contribution in [0.3, 0.4) is 0 Å². The van der Waals surface area contributed by atoms with E-state index < -0.39 is 0 Å². The number of carbonyl (C=O) groups excluding carboxylic acids is 1. The molecule has 1 saturated heterocycles. The summed E-state index contributed by atoms with van der Waals surface area (Å²) in [7, 11) is 1.54. The number of anilines is 2. The van der Waals surface area contributed by atoms with Crippen LogP contribution in [0.5, 0.6) is 5.75 Å². The molecule has 0 bridgehead atoms. The average molecular weight is 413 g/mol. The molecule has 8 nitrogen and oxygen atoms in total. The normalized spacial score (nSPS) is 13.9. The van der Waals surface area contributed by atoms with Crippen molar-refractivity contribution >= 4 is 29.0 Å². The average Bonchev–Trinajstić information content (AvgIpc) is 3.25. The van der Waals surface area contributed by atoms with Crippen molar-refractivity contribution in [3.05, 3.63) is 53.8 Å². The summed E-state index contributed by atoms with van der Waals surface area (Å²) in [4.78, 5) is 27.7. The fourth-order valence-electron chi connectivity index (χ4n) is 3.28. The van der Waals surface area contributed by atoms with Gasteiger partial charge in [0.05, 0.1) is 12.1 Å². The quantitative estimate of drug-likeness (QED) is 0.689. The Morgan fingerprint density at radius 2 is 1.90 bits per heavy atom. The standard InChI is InChI=1S/C20H21ClN6O2/c1-29-17-6-5-14(9-15(17)21)25-20(28)16-11-27(13-24-16)19-10-18(22-12-23-19)26-7-3-2-4-8-26/h5-6,9-13H,2-4,7-8H2,1H3,(H,25,28). The van der Waals surface area contributed by atoms with Gasteiger partial charge in [0.15, 0.2) is 0 Å². The highest BCUT2D eigenvalue weighted by atomic mass is 35.5. The lowest BCUT2D eigenvalue weighted by Crippen LogP contribution is -2.30. The van der Waals surface area contributed by atoms with Crippen LogP contribution in [0.4, 0.5) is 11.5 Å². The zero-order chi connectivity index (χ0) is 20.2. The van der Waals surface area contributed by atoms with Crippen molar-refractivity contribution in [2.24, 2.45) is 0 Å². The molecular weight excluding hydrogens is 392 g/mol. The number of rotatable bonds is 5. The molecule has 0 radical (unpaired) electrons. The number of aromatic nitrogens is 4. The molecule has 9 heteroatoms. The second-order valence-corrected chi connectivity index (χ2v) is 7.16. The van der Waals surface area contributed by atoms with Crippen LogP contribution in [0.1, 0.15) is 29.8 Å². The number of nitrogens with one attached hydrogen (secondary N) is 1. The van der Waals surface area contributed by atoms with Gasteiger partial charge in [0.25, 0.3) is 5.91 Å². The SMILES string of the molecule is COc1ccc(NC(=O)c2cn(-c3cc(N4CCCCC4)ncn3)cn2)cc1Cl. The Hall–Kier alpha value is -3.13. The molecule has 2 aromatic heterocycles. The third-order valence-corrected chi connectivity index (χ3v) is 5.10. The van der Waals surface area contributed by atoms with Crippen molar-refractivity contribution in [3.8, 4) is 11.6 Å². The Bertz CT molecular complexity index is 1020. The second kappa shape index (κ2) is 8.48. The van der Waals surface area contributed by atoms with Crippen molar-refractivity contribution in [1.29, 1.82) is 0 Å². The third-order valence-electron chi connectivity index (χ3n) is 4.81. The van der Waals surface area contributed by atoms with Crippen LogP contribution in [-0.2, 0) is 0 Å². The van der Waals surface area contributed by atoms with Crippen LogP contribution in [0.15, 0.2) is 43.1 Å². The van der Waals surface area contributed by atoms with Crippen LogP contribution in [0, 0.1) is 0 Å². The maximum Gasteiger partial charge on any atom is 0.275 e. The van der Waals surface area contributed by atoms with Crippen LogP contribution in [0.2, 0.25) is 5.02 Å². The molecule has 4 rings (SSSR count). The van der Waals surface area contributed by atoms with E-state index in [2.05, 4.69) is 25.2 Å². The van der Waals surface area contributed by atoms with E-state index in [-0.39, 0.29) is 11.6 Å². The van der Waals surface area contributed by atoms with Crippen LogP contribution in [-0.4, -0.2) is 45.6 Å². The van der Waals surface area contributed by atoms with E-state index >= 15 is 0 Å². The summed E-state index contributed by atoms with van der Waals surface area (Å²) in [5.41, 5.74) is 0.833. The van der Waals surface area contributed by atoms with E-state index in [1.807, 2.05) is 6.07 Å². The first-order chi connectivity index (χ1) is 14.1. The zero-order valence-corrected chi connectivity index (χ0v) is 16.8. The lowest BCUT2D eigenvalue weighted by molar-refractivity contribution is 0.102. The highest BCUT2D eigenvalue weighted by molar-refractivity contribution is 6.32. The Kier molecular flexibility index (Phi) is 5.62. The molecule has 1 aliphatic heterocycles. The molecule has 1 amide bonds. The van der Waals surface area contributed by atoms with Gasteiger partial charge in [0.2, 0.25) is 0 Å². The number of imidazole rings is 1. The highest BCUT2D eigenvalue weighted by Gasteiger charge is 2.15. The van der Waals surface area contributed by atoms with E-state index in [4.69, 9.17) is 16.3 Å². The molecule has 0 spiro atoms. The number of methoxy groups -OCH3 is 1. The van der Waals surface area contributed by atoms with Crippen molar-refractivity contribution in [2.75, 3.05) is 30.4 Å². The van der Waals surface area contributed by atoms with E-state index in [9.17, 15) is 4.79 Å². The van der Waals surface area contributed by atoms with Gasteiger partial charge < -0.3 is 15.0 Å². The van der Waals surface area contributed by atoms with Crippen molar-refractivity contribution in [1.82, 2.24) is 19.5 Å². The number of hydrogen-bond acceptors (Lipinski definition) is 6. The molecule has 29 heavy (non-hydrogen) atoms. The fourth-order valence-corrected chi connectivity index (χ4v) is 3.54. The molecule has 150 valence electrons. The van der Waals surface area contributed by atoms with Gasteiger partial charge in [-0.25, -0.2) is 15.0 Å². The summed E-state index contributed by atoms with van der Waals surface area (Å²) >= 11 is 6.11. The van der Waals surface area contributed by atoms with Gasteiger partial charge in [-0.1, -0.05) is 11.6 Å². The summed E-state index contributed by atoms with van der Waals surface area (Å²) in [6.45, 7) is 2.00. The maximum absolute atomic E-state index is 12.5. The summed E-state index contributed by atoms with van der Waals surface area (Å²) in [5, 5.41) is 3.20. The number of nitrogens with zero attached hydrogens (tertiary/aromatic N) is 5. The van der Waals surface area contributed by atoms with Gasteiger partial charge in [0, 0.05) is 31.0 Å². The smallest absolute Gasteiger partial charge is 0.275 e. The van der Waals surface area contributed by atoms with Gasteiger partial charge in [-0.15, -0.1) is 0 Å². The summed E-state index contributed by atoms with van der Waals surface area (Å²) in [5.74, 6) is 1.76. The molecule has 1 aromatic carbocycles. The Balaban J connectivity index is 1.49. The minimum atomic E-state index is -0.338. The Morgan fingerprint density at radius 1 is 1.10 bits per heavy atom. The number of carbonyl (C=O) groups is 1. The van der Waals surface area contributed by atoms with Crippen molar-refractivity contribution in [2.45, 2.75) is 19.3 Å². The first-order valence-corrected chi connectivity index (χ1v) is 9.78.